The largest absolute Gasteiger partial charge is 0.435 e. The van der Waals surface area contributed by atoms with Crippen molar-refractivity contribution in [3.63, 3.8) is 0 Å². The lowest BCUT2D eigenvalue weighted by molar-refractivity contribution is -0.384. The summed E-state index contributed by atoms with van der Waals surface area (Å²) < 4.78 is 57.5. The summed E-state index contributed by atoms with van der Waals surface area (Å²) in [5.74, 6) is -1.15. The molecule has 2 aromatic rings. The second-order valence-electron chi connectivity index (χ2n) is 5.08. The first-order chi connectivity index (χ1) is 13.2. The van der Waals surface area contributed by atoms with Crippen molar-refractivity contribution in [3.05, 3.63) is 64.2 Å². The molecule has 0 aliphatic heterocycles. The maximum atomic E-state index is 12.4. The predicted molar refractivity (Wildman–Crippen MR) is 90.5 cm³/mol. The molecule has 2 aromatic carbocycles. The van der Waals surface area contributed by atoms with Crippen LogP contribution in [0.2, 0.25) is 0 Å². The van der Waals surface area contributed by atoms with Crippen molar-refractivity contribution in [1.82, 2.24) is 0 Å². The molecule has 7 nitrogen and oxygen atoms in total. The molecule has 0 saturated heterocycles. The van der Waals surface area contributed by atoms with E-state index >= 15 is 0 Å². The number of carbonyl (C=O) groups is 1. The van der Waals surface area contributed by atoms with E-state index < -0.39 is 24.1 Å². The third kappa shape index (κ3) is 6.27. The lowest BCUT2D eigenvalue weighted by atomic mass is 10.1. The zero-order chi connectivity index (χ0) is 20.7. The molecule has 11 heteroatoms. The van der Waals surface area contributed by atoms with Crippen LogP contribution >= 0.6 is 0 Å². The second kappa shape index (κ2) is 9.35. The average molecular weight is 400 g/mol. The van der Waals surface area contributed by atoms with Crippen LogP contribution < -0.4 is 14.8 Å². The monoisotopic (exact) mass is 400 g/mol. The first-order valence-corrected chi connectivity index (χ1v) is 7.52. The highest BCUT2D eigenvalue weighted by molar-refractivity contribution is 6.02. The van der Waals surface area contributed by atoms with Gasteiger partial charge < -0.3 is 14.8 Å². The molecule has 1 N–H and O–H groups in total. The standard InChI is InChI=1S/C17H12F4N2O5/c18-16(19)27-13-5-2-11(3-6-13)22-15(24)8-1-10-9-12(23(25)26)4-7-14(10)28-17(20)21/h1-9,16-17H,(H,22,24). The molecule has 0 spiro atoms. The van der Waals surface area contributed by atoms with Crippen LogP contribution in [-0.2, 0) is 4.79 Å². The lowest BCUT2D eigenvalue weighted by Crippen LogP contribution is -2.08. The van der Waals surface area contributed by atoms with E-state index in [0.29, 0.717) is 0 Å². The number of hydrogen-bond acceptors (Lipinski definition) is 5. The molecule has 0 unspecified atom stereocenters. The summed E-state index contributed by atoms with van der Waals surface area (Å²) in [7, 11) is 0. The van der Waals surface area contributed by atoms with Gasteiger partial charge in [0.15, 0.2) is 0 Å². The van der Waals surface area contributed by atoms with Gasteiger partial charge >= 0.3 is 13.2 Å². The number of alkyl halides is 4. The zero-order valence-corrected chi connectivity index (χ0v) is 13.9. The number of carbonyl (C=O) groups excluding carboxylic acids is 1. The van der Waals surface area contributed by atoms with Gasteiger partial charge in [-0.2, -0.15) is 17.6 Å². The fraction of sp³-hybridized carbons (Fsp3) is 0.118. The Balaban J connectivity index is 2.12. The Kier molecular flexibility index (Phi) is 6.90. The van der Waals surface area contributed by atoms with E-state index in [9.17, 15) is 32.5 Å². The van der Waals surface area contributed by atoms with Gasteiger partial charge in [0, 0.05) is 29.5 Å². The number of nitrogens with zero attached hydrogens (tertiary/aromatic N) is 1. The van der Waals surface area contributed by atoms with Gasteiger partial charge in [0.25, 0.3) is 5.69 Å². The maximum Gasteiger partial charge on any atom is 0.387 e. The van der Waals surface area contributed by atoms with Crippen LogP contribution in [0.4, 0.5) is 28.9 Å². The van der Waals surface area contributed by atoms with Crippen molar-refractivity contribution in [2.75, 3.05) is 5.32 Å². The minimum absolute atomic E-state index is 0.103. The maximum absolute atomic E-state index is 12.4. The molecule has 0 saturated carbocycles. The van der Waals surface area contributed by atoms with Crippen LogP contribution in [0.15, 0.2) is 48.5 Å². The lowest BCUT2D eigenvalue weighted by Gasteiger charge is -2.08. The highest BCUT2D eigenvalue weighted by atomic mass is 19.3. The number of benzene rings is 2. The molecule has 0 fully saturated rings. The van der Waals surface area contributed by atoms with Crippen LogP contribution in [0.3, 0.4) is 0 Å². The van der Waals surface area contributed by atoms with Gasteiger partial charge in [-0.15, -0.1) is 0 Å². The van der Waals surface area contributed by atoms with Crippen LogP contribution in [0, 0.1) is 10.1 Å². The number of non-ortho nitro benzene ring substituents is 1. The van der Waals surface area contributed by atoms with Crippen molar-refractivity contribution in [3.8, 4) is 11.5 Å². The molecule has 0 atom stereocenters. The molecular weight excluding hydrogens is 388 g/mol. The molecule has 0 aliphatic carbocycles. The molecule has 0 heterocycles. The van der Waals surface area contributed by atoms with Gasteiger partial charge in [0.05, 0.1) is 4.92 Å². The predicted octanol–water partition coefficient (Wildman–Crippen LogP) is 4.45. The Morgan fingerprint density at radius 3 is 2.25 bits per heavy atom. The van der Waals surface area contributed by atoms with Crippen molar-refractivity contribution in [1.29, 1.82) is 0 Å². The van der Waals surface area contributed by atoms with E-state index in [4.69, 9.17) is 0 Å². The summed E-state index contributed by atoms with van der Waals surface area (Å²) in [4.78, 5) is 22.0. The van der Waals surface area contributed by atoms with Gasteiger partial charge in [-0.3, -0.25) is 14.9 Å². The fourth-order valence-electron chi connectivity index (χ4n) is 2.05. The van der Waals surface area contributed by atoms with Crippen LogP contribution in [0.1, 0.15) is 5.56 Å². The van der Waals surface area contributed by atoms with E-state index in [1.165, 1.54) is 24.3 Å². The minimum atomic E-state index is -3.16. The summed E-state index contributed by atoms with van der Waals surface area (Å²) in [5.41, 5.74) is -0.235. The fourth-order valence-corrected chi connectivity index (χ4v) is 2.05. The van der Waals surface area contributed by atoms with E-state index in [2.05, 4.69) is 14.8 Å². The number of halogens is 4. The van der Waals surface area contributed by atoms with E-state index in [1.54, 1.807) is 0 Å². The minimum Gasteiger partial charge on any atom is -0.435 e. The van der Waals surface area contributed by atoms with Gasteiger partial charge in [0.2, 0.25) is 5.91 Å². The number of nitro benzene ring substituents is 1. The molecule has 0 aromatic heterocycles. The zero-order valence-electron chi connectivity index (χ0n) is 13.9. The number of ether oxygens (including phenoxy) is 2. The van der Waals surface area contributed by atoms with Crippen molar-refractivity contribution < 1.29 is 36.8 Å². The number of amides is 1. The Morgan fingerprint density at radius 2 is 1.68 bits per heavy atom. The highest BCUT2D eigenvalue weighted by Gasteiger charge is 2.13. The topological polar surface area (TPSA) is 90.7 Å². The molecule has 148 valence electrons. The molecule has 0 aliphatic rings. The van der Waals surface area contributed by atoms with Crippen LogP contribution in [-0.4, -0.2) is 24.1 Å². The van der Waals surface area contributed by atoms with Crippen LogP contribution in [0.25, 0.3) is 6.08 Å². The molecule has 1 amide bonds. The van der Waals surface area contributed by atoms with Crippen LogP contribution in [0.5, 0.6) is 11.5 Å². The molecule has 2 rings (SSSR count). The summed E-state index contributed by atoms with van der Waals surface area (Å²) in [5, 5.41) is 13.2. The Bertz CT molecular complexity index is 872. The Hall–Kier alpha value is -3.63. The SMILES string of the molecule is O=C(C=Cc1cc([N+](=O)[O-])ccc1OC(F)F)Nc1ccc(OC(F)F)cc1. The number of hydrogen-bond donors (Lipinski definition) is 1. The number of nitro groups is 1. The first kappa shape index (κ1) is 20.7. The van der Waals surface area contributed by atoms with Crippen molar-refractivity contribution >= 4 is 23.4 Å². The molecule has 0 radical (unpaired) electrons. The third-order valence-corrected chi connectivity index (χ3v) is 3.18. The number of anilines is 1. The Morgan fingerprint density at radius 1 is 1.04 bits per heavy atom. The van der Waals surface area contributed by atoms with Crippen molar-refractivity contribution in [2.45, 2.75) is 13.2 Å². The van der Waals surface area contributed by atoms with Gasteiger partial charge in [0.1, 0.15) is 11.5 Å². The van der Waals surface area contributed by atoms with E-state index in [1.807, 2.05) is 0 Å². The van der Waals surface area contributed by atoms with Gasteiger partial charge in [-0.1, -0.05) is 0 Å². The molecule has 0 bridgehead atoms. The van der Waals surface area contributed by atoms with E-state index in [-0.39, 0.29) is 28.4 Å². The summed E-state index contributed by atoms with van der Waals surface area (Å²) in [6.07, 6.45) is 2.01. The third-order valence-electron chi connectivity index (χ3n) is 3.18. The quantitative estimate of drug-likeness (QED) is 0.306. The second-order valence-corrected chi connectivity index (χ2v) is 5.08. The average Bonchev–Trinajstić information content (AvgIpc) is 2.61. The molecular formula is C17H12F4N2O5. The van der Waals surface area contributed by atoms with Crippen molar-refractivity contribution in [2.24, 2.45) is 0 Å². The Labute approximate surface area is 155 Å². The number of rotatable bonds is 8. The van der Waals surface area contributed by atoms with E-state index in [0.717, 1.165) is 30.4 Å². The summed E-state index contributed by atoms with van der Waals surface area (Å²) >= 11 is 0. The normalized spacial score (nSPS) is 11.1. The smallest absolute Gasteiger partial charge is 0.387 e. The summed E-state index contributed by atoms with van der Waals surface area (Å²) in [6, 6.07) is 7.98. The highest BCUT2D eigenvalue weighted by Crippen LogP contribution is 2.27. The van der Waals surface area contributed by atoms with Gasteiger partial charge in [-0.25, -0.2) is 0 Å². The summed E-state index contributed by atoms with van der Waals surface area (Å²) in [6.45, 7) is -6.14. The van der Waals surface area contributed by atoms with Gasteiger partial charge in [-0.05, 0) is 36.4 Å². The molecule has 28 heavy (non-hydrogen) atoms. The first-order valence-electron chi connectivity index (χ1n) is 7.52. The number of nitrogens with one attached hydrogen (secondary N) is 1.